The molecule has 33 heavy (non-hydrogen) atoms. The normalized spacial score (nSPS) is 15.5. The van der Waals surface area contributed by atoms with Crippen LogP contribution in [0.1, 0.15) is 56.0 Å². The van der Waals surface area contributed by atoms with E-state index in [0.717, 1.165) is 55.2 Å². The van der Waals surface area contributed by atoms with Gasteiger partial charge in [0.2, 0.25) is 5.95 Å². The van der Waals surface area contributed by atoms with Crippen molar-refractivity contribution < 1.29 is 9.47 Å². The Kier molecular flexibility index (Phi) is 7.00. The number of aryl methyl sites for hydroxylation is 2. The Labute approximate surface area is 197 Å². The number of hydrogen-bond donors (Lipinski definition) is 0. The molecule has 0 bridgehead atoms. The first-order valence-electron chi connectivity index (χ1n) is 11.9. The fraction of sp³-hybridized carbons (Fsp3) is 0.577. The Hall–Kier alpha value is -2.51. The second-order valence-electron chi connectivity index (χ2n) is 10.1. The number of imidazole rings is 1. The number of fused-ring (bicyclic) bond motifs is 1. The average Bonchev–Trinajstić information content (AvgIpc) is 3.16. The van der Waals surface area contributed by atoms with Crippen LogP contribution in [-0.2, 0) is 28.4 Å². The molecule has 0 unspecified atom stereocenters. The van der Waals surface area contributed by atoms with E-state index in [0.29, 0.717) is 13.2 Å². The highest BCUT2D eigenvalue weighted by atomic mass is 16.5. The first-order chi connectivity index (χ1) is 15.8. The number of ether oxygens (including phenoxy) is 2. The standard InChI is InChI=1S/C26H37N5O2/c1-18-7-8-20(26(2,3)4)15-19(18)16-22-23-24(27-17-30(23)5)29-25(28-22)31-11-9-21(10-12-31)33-14-13-32-6/h7-8,15,17,21H,9-14,16H2,1-6H3. The Morgan fingerprint density at radius 2 is 1.85 bits per heavy atom. The van der Waals surface area contributed by atoms with Gasteiger partial charge in [-0.2, -0.15) is 4.98 Å². The molecular weight excluding hydrogens is 414 g/mol. The van der Waals surface area contributed by atoms with E-state index in [1.807, 2.05) is 17.9 Å². The summed E-state index contributed by atoms with van der Waals surface area (Å²) in [5.41, 5.74) is 6.85. The number of piperidine rings is 1. The van der Waals surface area contributed by atoms with Crippen LogP contribution in [0.2, 0.25) is 0 Å². The van der Waals surface area contributed by atoms with E-state index in [4.69, 9.17) is 19.4 Å². The predicted octanol–water partition coefficient (Wildman–Crippen LogP) is 4.19. The lowest BCUT2D eigenvalue weighted by Crippen LogP contribution is -2.38. The Morgan fingerprint density at radius 1 is 1.09 bits per heavy atom. The lowest BCUT2D eigenvalue weighted by Gasteiger charge is -2.32. The molecule has 3 heterocycles. The maximum Gasteiger partial charge on any atom is 0.227 e. The zero-order valence-corrected chi connectivity index (χ0v) is 20.9. The second-order valence-corrected chi connectivity index (χ2v) is 10.1. The zero-order valence-electron chi connectivity index (χ0n) is 20.9. The summed E-state index contributed by atoms with van der Waals surface area (Å²) in [6.45, 7) is 12.0. The van der Waals surface area contributed by atoms with Crippen LogP contribution in [-0.4, -0.2) is 59.0 Å². The molecule has 1 aromatic carbocycles. The van der Waals surface area contributed by atoms with Gasteiger partial charge < -0.3 is 18.9 Å². The van der Waals surface area contributed by atoms with E-state index in [-0.39, 0.29) is 11.5 Å². The van der Waals surface area contributed by atoms with Gasteiger partial charge in [0.15, 0.2) is 5.65 Å². The largest absolute Gasteiger partial charge is 0.382 e. The summed E-state index contributed by atoms with van der Waals surface area (Å²) in [6.07, 6.45) is 4.81. The monoisotopic (exact) mass is 451 g/mol. The van der Waals surface area contributed by atoms with Crippen molar-refractivity contribution in [1.82, 2.24) is 19.5 Å². The van der Waals surface area contributed by atoms with E-state index in [9.17, 15) is 0 Å². The molecule has 0 N–H and O–H groups in total. The molecule has 1 aliphatic rings. The summed E-state index contributed by atoms with van der Waals surface area (Å²) in [5.74, 6) is 0.774. The average molecular weight is 452 g/mol. The minimum atomic E-state index is 0.108. The smallest absolute Gasteiger partial charge is 0.227 e. The maximum atomic E-state index is 5.93. The summed E-state index contributed by atoms with van der Waals surface area (Å²) in [5, 5.41) is 0. The molecular formula is C26H37N5O2. The summed E-state index contributed by atoms with van der Waals surface area (Å²) < 4.78 is 13.1. The highest BCUT2D eigenvalue weighted by Gasteiger charge is 2.24. The first-order valence-corrected chi connectivity index (χ1v) is 11.9. The molecule has 7 heteroatoms. The van der Waals surface area contributed by atoms with Gasteiger partial charge in [-0.3, -0.25) is 0 Å². The van der Waals surface area contributed by atoms with E-state index in [1.165, 1.54) is 16.7 Å². The fourth-order valence-electron chi connectivity index (χ4n) is 4.42. The molecule has 0 radical (unpaired) electrons. The first kappa shape index (κ1) is 23.6. The zero-order chi connectivity index (χ0) is 23.6. The van der Waals surface area contributed by atoms with Crippen molar-refractivity contribution in [3.8, 4) is 0 Å². The molecule has 2 aromatic heterocycles. The molecule has 0 amide bonds. The molecule has 0 aliphatic carbocycles. The number of methoxy groups -OCH3 is 1. The van der Waals surface area contributed by atoms with Crippen molar-refractivity contribution in [1.29, 1.82) is 0 Å². The fourth-order valence-corrected chi connectivity index (χ4v) is 4.42. The van der Waals surface area contributed by atoms with E-state index in [2.05, 4.69) is 55.8 Å². The topological polar surface area (TPSA) is 65.3 Å². The lowest BCUT2D eigenvalue weighted by atomic mass is 9.84. The van der Waals surface area contributed by atoms with Gasteiger partial charge in [0.25, 0.3) is 0 Å². The van der Waals surface area contributed by atoms with Crippen LogP contribution in [0, 0.1) is 6.92 Å². The quantitative estimate of drug-likeness (QED) is 0.502. The van der Waals surface area contributed by atoms with Crippen molar-refractivity contribution >= 4 is 17.1 Å². The maximum absolute atomic E-state index is 5.93. The minimum absolute atomic E-state index is 0.108. The van der Waals surface area contributed by atoms with Crippen LogP contribution < -0.4 is 4.90 Å². The van der Waals surface area contributed by atoms with Crippen LogP contribution in [0.25, 0.3) is 11.2 Å². The minimum Gasteiger partial charge on any atom is -0.382 e. The van der Waals surface area contributed by atoms with Crippen LogP contribution in [0.4, 0.5) is 5.95 Å². The molecule has 3 aromatic rings. The van der Waals surface area contributed by atoms with Gasteiger partial charge in [0.05, 0.1) is 31.3 Å². The molecule has 0 saturated carbocycles. The number of rotatable bonds is 7. The summed E-state index contributed by atoms with van der Waals surface area (Å²) in [6, 6.07) is 6.80. The molecule has 7 nitrogen and oxygen atoms in total. The van der Waals surface area contributed by atoms with E-state index >= 15 is 0 Å². The molecule has 1 saturated heterocycles. The summed E-state index contributed by atoms with van der Waals surface area (Å²) in [7, 11) is 3.72. The number of hydrogen-bond acceptors (Lipinski definition) is 6. The molecule has 1 aliphatic heterocycles. The number of nitrogens with zero attached hydrogens (tertiary/aromatic N) is 5. The Balaban J connectivity index is 1.60. The SMILES string of the molecule is COCCOC1CCN(c2nc(Cc3cc(C(C)(C)C)ccc3C)c3c(ncn3C)n2)CC1. The van der Waals surface area contributed by atoms with E-state index in [1.54, 1.807) is 7.11 Å². The van der Waals surface area contributed by atoms with Gasteiger partial charge in [-0.15, -0.1) is 0 Å². The Morgan fingerprint density at radius 3 is 2.55 bits per heavy atom. The molecule has 0 spiro atoms. The van der Waals surface area contributed by atoms with Gasteiger partial charge in [0, 0.05) is 33.7 Å². The van der Waals surface area contributed by atoms with Gasteiger partial charge in [0.1, 0.15) is 5.52 Å². The molecule has 178 valence electrons. The highest BCUT2D eigenvalue weighted by Crippen LogP contribution is 2.28. The van der Waals surface area contributed by atoms with Crippen LogP contribution in [0.3, 0.4) is 0 Å². The van der Waals surface area contributed by atoms with E-state index < -0.39 is 0 Å². The predicted molar refractivity (Wildman–Crippen MR) is 132 cm³/mol. The van der Waals surface area contributed by atoms with Crippen molar-refractivity contribution in [2.75, 3.05) is 38.3 Å². The number of anilines is 1. The van der Waals surface area contributed by atoms with Crippen LogP contribution >= 0.6 is 0 Å². The third kappa shape index (κ3) is 5.36. The molecule has 0 atom stereocenters. The van der Waals surface area contributed by atoms with Gasteiger partial charge in [-0.1, -0.05) is 39.0 Å². The lowest BCUT2D eigenvalue weighted by molar-refractivity contribution is 0.00598. The van der Waals surface area contributed by atoms with Crippen molar-refractivity contribution in [3.05, 3.63) is 46.9 Å². The van der Waals surface area contributed by atoms with Crippen molar-refractivity contribution in [2.24, 2.45) is 7.05 Å². The third-order valence-electron chi connectivity index (χ3n) is 6.57. The Bertz CT molecular complexity index is 1090. The van der Waals surface area contributed by atoms with Crippen molar-refractivity contribution in [2.45, 2.75) is 58.5 Å². The molecule has 4 rings (SSSR count). The van der Waals surface area contributed by atoms with Crippen LogP contribution in [0.15, 0.2) is 24.5 Å². The third-order valence-corrected chi connectivity index (χ3v) is 6.57. The number of aromatic nitrogens is 4. The number of benzene rings is 1. The highest BCUT2D eigenvalue weighted by molar-refractivity contribution is 5.75. The summed E-state index contributed by atoms with van der Waals surface area (Å²) in [4.78, 5) is 16.7. The van der Waals surface area contributed by atoms with Gasteiger partial charge >= 0.3 is 0 Å². The summed E-state index contributed by atoms with van der Waals surface area (Å²) >= 11 is 0. The van der Waals surface area contributed by atoms with Gasteiger partial charge in [-0.25, -0.2) is 9.97 Å². The van der Waals surface area contributed by atoms with Crippen LogP contribution in [0.5, 0.6) is 0 Å². The second kappa shape index (κ2) is 9.77. The molecule has 1 fully saturated rings. The van der Waals surface area contributed by atoms with Crippen molar-refractivity contribution in [3.63, 3.8) is 0 Å². The van der Waals surface area contributed by atoms with Gasteiger partial charge in [-0.05, 0) is 41.9 Å².